The fourth-order valence-corrected chi connectivity index (χ4v) is 0.984. The number of allylic oxidation sites excluding steroid dienone is 1. The van der Waals surface area contributed by atoms with Gasteiger partial charge in [-0.1, -0.05) is 5.57 Å². The minimum Gasteiger partial charge on any atom is -0.465 e. The van der Waals surface area contributed by atoms with E-state index in [2.05, 4.69) is 6.58 Å². The number of ketones is 1. The van der Waals surface area contributed by atoms with Crippen LogP contribution in [0.3, 0.4) is 0 Å². The summed E-state index contributed by atoms with van der Waals surface area (Å²) >= 11 is 0. The predicted molar refractivity (Wildman–Crippen MR) is 50.2 cm³/mol. The second-order valence-corrected chi connectivity index (χ2v) is 3.08. The lowest BCUT2D eigenvalue weighted by molar-refractivity contribution is -0.151. The van der Waals surface area contributed by atoms with Gasteiger partial charge in [0, 0.05) is 0 Å². The number of hydrogen-bond donors (Lipinski definition) is 0. The van der Waals surface area contributed by atoms with Crippen molar-refractivity contribution >= 4 is 11.8 Å². The lowest BCUT2D eigenvalue weighted by atomic mass is 9.97. The lowest BCUT2D eigenvalue weighted by Gasteiger charge is -2.11. The first kappa shape index (κ1) is 11.9. The van der Waals surface area contributed by atoms with Crippen LogP contribution in [-0.2, 0) is 14.3 Å². The monoisotopic (exact) mass is 184 g/mol. The average Bonchev–Trinajstić information content (AvgIpc) is 1.99. The van der Waals surface area contributed by atoms with Crippen molar-refractivity contribution in [1.29, 1.82) is 0 Å². The van der Waals surface area contributed by atoms with E-state index in [0.717, 1.165) is 5.57 Å². The van der Waals surface area contributed by atoms with Crippen LogP contribution < -0.4 is 0 Å². The van der Waals surface area contributed by atoms with Gasteiger partial charge in [-0.3, -0.25) is 9.59 Å². The van der Waals surface area contributed by atoms with Gasteiger partial charge in [0.25, 0.3) is 0 Å². The number of carbonyl (C=O) groups is 2. The topological polar surface area (TPSA) is 43.4 Å². The number of hydrogen-bond acceptors (Lipinski definition) is 3. The Morgan fingerprint density at radius 1 is 1.38 bits per heavy atom. The molecule has 0 bridgehead atoms. The SMILES string of the molecule is C=C(C)CC(C(C)=O)C(=O)OCC. The maximum Gasteiger partial charge on any atom is 0.316 e. The summed E-state index contributed by atoms with van der Waals surface area (Å²) in [6.07, 6.45) is 0.383. The average molecular weight is 184 g/mol. The molecule has 1 atom stereocenters. The Hall–Kier alpha value is -1.12. The highest BCUT2D eigenvalue weighted by Gasteiger charge is 2.24. The number of Topliss-reactive ketones (excluding diaryl/α,β-unsaturated/α-hetero) is 1. The van der Waals surface area contributed by atoms with E-state index in [9.17, 15) is 9.59 Å². The summed E-state index contributed by atoms with van der Waals surface area (Å²) in [5.41, 5.74) is 0.813. The van der Waals surface area contributed by atoms with E-state index >= 15 is 0 Å². The molecule has 0 amide bonds. The maximum atomic E-state index is 11.2. The van der Waals surface area contributed by atoms with Crippen molar-refractivity contribution in [3.8, 4) is 0 Å². The van der Waals surface area contributed by atoms with Gasteiger partial charge < -0.3 is 4.74 Å². The van der Waals surface area contributed by atoms with E-state index < -0.39 is 11.9 Å². The fourth-order valence-electron chi connectivity index (χ4n) is 0.984. The van der Waals surface area contributed by atoms with Crippen LogP contribution in [0.2, 0.25) is 0 Å². The van der Waals surface area contributed by atoms with Gasteiger partial charge in [0.15, 0.2) is 0 Å². The van der Waals surface area contributed by atoms with Gasteiger partial charge in [0.2, 0.25) is 0 Å². The van der Waals surface area contributed by atoms with Crippen molar-refractivity contribution < 1.29 is 14.3 Å². The van der Waals surface area contributed by atoms with Crippen LogP contribution in [0.1, 0.15) is 27.2 Å². The van der Waals surface area contributed by atoms with Crippen molar-refractivity contribution in [1.82, 2.24) is 0 Å². The van der Waals surface area contributed by atoms with Crippen LogP contribution >= 0.6 is 0 Å². The van der Waals surface area contributed by atoms with Crippen LogP contribution in [0.15, 0.2) is 12.2 Å². The predicted octanol–water partition coefficient (Wildman–Crippen LogP) is 1.72. The van der Waals surface area contributed by atoms with Crippen LogP contribution in [0.5, 0.6) is 0 Å². The van der Waals surface area contributed by atoms with E-state index in [1.807, 2.05) is 0 Å². The number of esters is 1. The van der Waals surface area contributed by atoms with E-state index in [1.54, 1.807) is 13.8 Å². The third-order valence-electron chi connectivity index (χ3n) is 1.61. The molecule has 0 aliphatic rings. The summed E-state index contributed by atoms with van der Waals surface area (Å²) in [6.45, 7) is 8.86. The van der Waals surface area contributed by atoms with E-state index in [0.29, 0.717) is 13.0 Å². The summed E-state index contributed by atoms with van der Waals surface area (Å²) in [7, 11) is 0. The molecule has 0 aromatic rings. The zero-order valence-electron chi connectivity index (χ0n) is 8.42. The van der Waals surface area contributed by atoms with Crippen molar-refractivity contribution in [2.45, 2.75) is 27.2 Å². The quantitative estimate of drug-likeness (QED) is 0.371. The molecule has 0 spiro atoms. The second kappa shape index (κ2) is 5.51. The summed E-state index contributed by atoms with van der Waals surface area (Å²) in [5, 5.41) is 0. The fraction of sp³-hybridized carbons (Fsp3) is 0.600. The molecule has 0 aliphatic carbocycles. The summed E-state index contributed by atoms with van der Waals surface area (Å²) in [6, 6.07) is 0. The third-order valence-corrected chi connectivity index (χ3v) is 1.61. The summed E-state index contributed by atoms with van der Waals surface area (Å²) < 4.78 is 4.77. The van der Waals surface area contributed by atoms with Gasteiger partial charge in [0.1, 0.15) is 11.7 Å². The molecule has 0 heterocycles. The molecular formula is C10H16O3. The highest BCUT2D eigenvalue weighted by Crippen LogP contribution is 2.12. The van der Waals surface area contributed by atoms with E-state index in [-0.39, 0.29) is 5.78 Å². The zero-order chi connectivity index (χ0) is 10.4. The normalized spacial score (nSPS) is 11.9. The van der Waals surface area contributed by atoms with Crippen molar-refractivity contribution in [2.75, 3.05) is 6.61 Å². The number of carbonyl (C=O) groups excluding carboxylic acids is 2. The molecule has 3 nitrogen and oxygen atoms in total. The first-order chi connectivity index (χ1) is 5.99. The molecular weight excluding hydrogens is 168 g/mol. The number of ether oxygens (including phenoxy) is 1. The van der Waals surface area contributed by atoms with Crippen molar-refractivity contribution in [3.05, 3.63) is 12.2 Å². The number of rotatable bonds is 5. The van der Waals surface area contributed by atoms with Crippen molar-refractivity contribution in [3.63, 3.8) is 0 Å². The third kappa shape index (κ3) is 4.45. The van der Waals surface area contributed by atoms with Gasteiger partial charge in [0.05, 0.1) is 6.61 Å². The van der Waals surface area contributed by atoms with Crippen molar-refractivity contribution in [2.24, 2.45) is 5.92 Å². The first-order valence-electron chi connectivity index (χ1n) is 4.30. The Morgan fingerprint density at radius 2 is 1.92 bits per heavy atom. The van der Waals surface area contributed by atoms with Crippen LogP contribution in [0, 0.1) is 5.92 Å². The molecule has 0 aromatic carbocycles. The second-order valence-electron chi connectivity index (χ2n) is 3.08. The lowest BCUT2D eigenvalue weighted by Crippen LogP contribution is -2.24. The Kier molecular flexibility index (Phi) is 5.04. The minimum atomic E-state index is -0.669. The molecule has 0 saturated heterocycles. The molecule has 0 N–H and O–H groups in total. The Bertz CT molecular complexity index is 218. The first-order valence-corrected chi connectivity index (χ1v) is 4.30. The Labute approximate surface area is 78.8 Å². The van der Waals surface area contributed by atoms with Gasteiger partial charge in [-0.2, -0.15) is 0 Å². The van der Waals surface area contributed by atoms with Crippen LogP contribution in [0.4, 0.5) is 0 Å². The van der Waals surface area contributed by atoms with Gasteiger partial charge in [-0.15, -0.1) is 6.58 Å². The standard InChI is InChI=1S/C10H16O3/c1-5-13-10(12)9(8(4)11)6-7(2)3/h9H,2,5-6H2,1,3-4H3. The Morgan fingerprint density at radius 3 is 2.23 bits per heavy atom. The molecule has 0 aromatic heterocycles. The summed E-state index contributed by atoms with van der Waals surface area (Å²) in [4.78, 5) is 22.3. The molecule has 0 fully saturated rings. The van der Waals surface area contributed by atoms with Crippen LogP contribution in [0.25, 0.3) is 0 Å². The minimum absolute atomic E-state index is 0.165. The van der Waals surface area contributed by atoms with E-state index in [1.165, 1.54) is 6.92 Å². The Balaban J connectivity index is 4.32. The molecule has 0 aliphatic heterocycles. The summed E-state index contributed by atoms with van der Waals surface area (Å²) in [5.74, 6) is -1.28. The molecule has 13 heavy (non-hydrogen) atoms. The van der Waals surface area contributed by atoms with Crippen LogP contribution in [-0.4, -0.2) is 18.4 Å². The smallest absolute Gasteiger partial charge is 0.316 e. The van der Waals surface area contributed by atoms with Gasteiger partial charge in [-0.25, -0.2) is 0 Å². The highest BCUT2D eigenvalue weighted by atomic mass is 16.5. The zero-order valence-corrected chi connectivity index (χ0v) is 8.42. The largest absolute Gasteiger partial charge is 0.465 e. The molecule has 1 unspecified atom stereocenters. The molecule has 0 rings (SSSR count). The highest BCUT2D eigenvalue weighted by molar-refractivity contribution is 5.97. The van der Waals surface area contributed by atoms with Gasteiger partial charge in [-0.05, 0) is 27.2 Å². The molecule has 3 heteroatoms. The molecule has 0 saturated carbocycles. The molecule has 0 radical (unpaired) electrons. The van der Waals surface area contributed by atoms with E-state index in [4.69, 9.17) is 4.74 Å². The molecule has 74 valence electrons. The van der Waals surface area contributed by atoms with Gasteiger partial charge >= 0.3 is 5.97 Å². The maximum absolute atomic E-state index is 11.2.